The number of aromatic carboxylic acids is 1. The summed E-state index contributed by atoms with van der Waals surface area (Å²) in [6.45, 7) is 0.944. The van der Waals surface area contributed by atoms with E-state index in [1.807, 2.05) is 0 Å². The van der Waals surface area contributed by atoms with Crippen LogP contribution >= 0.6 is 0 Å². The van der Waals surface area contributed by atoms with Crippen LogP contribution in [0.2, 0.25) is 0 Å². The quantitative estimate of drug-likeness (QED) is 0.539. The van der Waals surface area contributed by atoms with Crippen molar-refractivity contribution in [1.82, 2.24) is 14.9 Å². The minimum atomic E-state index is -1.06. The standard InChI is InChI=1S/C13H17N3O3/c1-2-3-4-5-6-12(17)14-7-8-16-9-11(13(18)19)15-10-16/h1,9-10H,3-8H2,(H,14,17)(H,18,19). The molecule has 0 aliphatic heterocycles. The van der Waals surface area contributed by atoms with E-state index in [4.69, 9.17) is 11.5 Å². The smallest absolute Gasteiger partial charge is 0.356 e. The van der Waals surface area contributed by atoms with Crippen LogP contribution in [0.4, 0.5) is 0 Å². The minimum Gasteiger partial charge on any atom is -0.476 e. The highest BCUT2D eigenvalue weighted by molar-refractivity contribution is 5.84. The van der Waals surface area contributed by atoms with Gasteiger partial charge in [-0.2, -0.15) is 0 Å². The lowest BCUT2D eigenvalue weighted by Crippen LogP contribution is -2.26. The summed E-state index contributed by atoms with van der Waals surface area (Å²) in [5.41, 5.74) is 0.000566. The Morgan fingerprint density at radius 3 is 2.89 bits per heavy atom. The van der Waals surface area contributed by atoms with E-state index in [0.29, 0.717) is 25.9 Å². The van der Waals surface area contributed by atoms with Gasteiger partial charge in [-0.25, -0.2) is 9.78 Å². The highest BCUT2D eigenvalue weighted by Gasteiger charge is 2.06. The van der Waals surface area contributed by atoms with Gasteiger partial charge in [0.05, 0.1) is 6.33 Å². The molecule has 6 heteroatoms. The maximum Gasteiger partial charge on any atom is 0.356 e. The molecule has 0 aliphatic carbocycles. The van der Waals surface area contributed by atoms with Gasteiger partial charge in [-0.3, -0.25) is 4.79 Å². The Balaban J connectivity index is 2.17. The number of nitrogens with zero attached hydrogens (tertiary/aromatic N) is 2. The predicted octanol–water partition coefficient (Wildman–Crippen LogP) is 0.891. The molecule has 0 aliphatic rings. The molecule has 0 atom stereocenters. The zero-order valence-electron chi connectivity index (χ0n) is 10.6. The lowest BCUT2D eigenvalue weighted by Gasteiger charge is -2.05. The molecule has 1 aromatic heterocycles. The Hall–Kier alpha value is -2.29. The van der Waals surface area contributed by atoms with Crippen LogP contribution in [-0.4, -0.2) is 33.1 Å². The summed E-state index contributed by atoms with van der Waals surface area (Å²) in [6, 6.07) is 0. The van der Waals surface area contributed by atoms with Gasteiger partial charge in [0.15, 0.2) is 5.69 Å². The van der Waals surface area contributed by atoms with Crippen LogP contribution in [0.25, 0.3) is 0 Å². The zero-order chi connectivity index (χ0) is 14.1. The Bertz CT molecular complexity index is 474. The zero-order valence-corrected chi connectivity index (χ0v) is 10.6. The van der Waals surface area contributed by atoms with Gasteiger partial charge >= 0.3 is 5.97 Å². The number of hydrogen-bond donors (Lipinski definition) is 2. The highest BCUT2D eigenvalue weighted by Crippen LogP contribution is 1.98. The van der Waals surface area contributed by atoms with Crippen molar-refractivity contribution in [2.75, 3.05) is 6.54 Å². The van der Waals surface area contributed by atoms with E-state index in [0.717, 1.165) is 12.8 Å². The third kappa shape index (κ3) is 5.73. The summed E-state index contributed by atoms with van der Waals surface area (Å²) in [6.07, 6.45) is 10.8. The minimum absolute atomic E-state index is 0.000566. The van der Waals surface area contributed by atoms with E-state index in [9.17, 15) is 9.59 Å². The number of unbranched alkanes of at least 4 members (excludes halogenated alkanes) is 2. The van der Waals surface area contributed by atoms with Crippen LogP contribution in [0.3, 0.4) is 0 Å². The SMILES string of the molecule is C#CCCCCC(=O)NCCn1cnc(C(=O)O)c1. The summed E-state index contributed by atoms with van der Waals surface area (Å²) < 4.78 is 1.63. The molecule has 1 aromatic rings. The molecule has 19 heavy (non-hydrogen) atoms. The van der Waals surface area contributed by atoms with Crippen LogP contribution in [0.15, 0.2) is 12.5 Å². The Morgan fingerprint density at radius 1 is 1.47 bits per heavy atom. The maximum atomic E-state index is 11.4. The molecule has 0 aromatic carbocycles. The van der Waals surface area contributed by atoms with Crippen molar-refractivity contribution in [1.29, 1.82) is 0 Å². The third-order valence-corrected chi connectivity index (χ3v) is 2.52. The van der Waals surface area contributed by atoms with Gasteiger partial charge in [0.2, 0.25) is 5.91 Å². The van der Waals surface area contributed by atoms with Gasteiger partial charge in [-0.15, -0.1) is 12.3 Å². The van der Waals surface area contributed by atoms with Crippen LogP contribution in [0.1, 0.15) is 36.2 Å². The van der Waals surface area contributed by atoms with Crippen molar-refractivity contribution in [3.8, 4) is 12.3 Å². The van der Waals surface area contributed by atoms with Gasteiger partial charge in [0.25, 0.3) is 0 Å². The number of rotatable bonds is 8. The van der Waals surface area contributed by atoms with Crippen LogP contribution in [0.5, 0.6) is 0 Å². The average Bonchev–Trinajstić information content (AvgIpc) is 2.84. The molecule has 0 saturated carbocycles. The van der Waals surface area contributed by atoms with Crippen molar-refractivity contribution >= 4 is 11.9 Å². The molecular formula is C13H17N3O3. The fraction of sp³-hybridized carbons (Fsp3) is 0.462. The summed E-state index contributed by atoms with van der Waals surface area (Å²) in [5, 5.41) is 11.5. The van der Waals surface area contributed by atoms with Crippen LogP contribution < -0.4 is 5.32 Å². The van der Waals surface area contributed by atoms with Gasteiger partial charge in [-0.05, 0) is 12.8 Å². The first-order chi connectivity index (χ1) is 9.13. The molecule has 0 saturated heterocycles. The second kappa shape index (κ2) is 7.93. The second-order valence-corrected chi connectivity index (χ2v) is 4.06. The third-order valence-electron chi connectivity index (χ3n) is 2.52. The molecule has 1 rings (SSSR count). The van der Waals surface area contributed by atoms with Crippen molar-refractivity contribution in [2.45, 2.75) is 32.2 Å². The average molecular weight is 263 g/mol. The van der Waals surface area contributed by atoms with E-state index < -0.39 is 5.97 Å². The maximum absolute atomic E-state index is 11.4. The second-order valence-electron chi connectivity index (χ2n) is 4.06. The van der Waals surface area contributed by atoms with Crippen molar-refractivity contribution in [3.63, 3.8) is 0 Å². The number of aromatic nitrogens is 2. The first kappa shape index (κ1) is 14.8. The number of hydrogen-bond acceptors (Lipinski definition) is 3. The van der Waals surface area contributed by atoms with E-state index >= 15 is 0 Å². The molecular weight excluding hydrogens is 246 g/mol. The van der Waals surface area contributed by atoms with Gasteiger partial charge in [0, 0.05) is 32.1 Å². The van der Waals surface area contributed by atoms with E-state index in [1.165, 1.54) is 12.5 Å². The number of amides is 1. The number of carboxylic acids is 1. The first-order valence-corrected chi connectivity index (χ1v) is 6.08. The Labute approximate surface area is 111 Å². The molecule has 1 heterocycles. The summed E-state index contributed by atoms with van der Waals surface area (Å²) >= 11 is 0. The molecule has 0 radical (unpaired) electrons. The monoisotopic (exact) mass is 263 g/mol. The van der Waals surface area contributed by atoms with Crippen LogP contribution in [0, 0.1) is 12.3 Å². The Morgan fingerprint density at radius 2 is 2.26 bits per heavy atom. The fourth-order valence-electron chi connectivity index (χ4n) is 1.52. The van der Waals surface area contributed by atoms with E-state index in [2.05, 4.69) is 16.2 Å². The van der Waals surface area contributed by atoms with Gasteiger partial charge < -0.3 is 15.0 Å². The summed E-state index contributed by atoms with van der Waals surface area (Å²) in [5.74, 6) is 1.45. The lowest BCUT2D eigenvalue weighted by atomic mass is 10.2. The summed E-state index contributed by atoms with van der Waals surface area (Å²) in [7, 11) is 0. The number of carboxylic acid groups (broad SMARTS) is 1. The first-order valence-electron chi connectivity index (χ1n) is 6.08. The van der Waals surface area contributed by atoms with Crippen molar-refractivity contribution in [2.24, 2.45) is 0 Å². The lowest BCUT2D eigenvalue weighted by molar-refractivity contribution is -0.121. The van der Waals surface area contributed by atoms with Gasteiger partial charge in [0.1, 0.15) is 0 Å². The molecule has 0 bridgehead atoms. The molecule has 0 fully saturated rings. The Kier molecular flexibility index (Phi) is 6.16. The number of imidazole rings is 1. The van der Waals surface area contributed by atoms with E-state index in [-0.39, 0.29) is 11.6 Å². The van der Waals surface area contributed by atoms with E-state index in [1.54, 1.807) is 4.57 Å². The predicted molar refractivity (Wildman–Crippen MR) is 69.5 cm³/mol. The normalized spacial score (nSPS) is 9.84. The molecule has 6 nitrogen and oxygen atoms in total. The topological polar surface area (TPSA) is 84.2 Å². The number of carbonyl (C=O) groups is 2. The molecule has 1 amide bonds. The fourth-order valence-corrected chi connectivity index (χ4v) is 1.52. The molecule has 2 N–H and O–H groups in total. The number of terminal acetylenes is 1. The summed E-state index contributed by atoms with van der Waals surface area (Å²) in [4.78, 5) is 25.8. The molecule has 0 spiro atoms. The largest absolute Gasteiger partial charge is 0.476 e. The van der Waals surface area contributed by atoms with Gasteiger partial charge in [-0.1, -0.05) is 0 Å². The van der Waals surface area contributed by atoms with Crippen molar-refractivity contribution in [3.05, 3.63) is 18.2 Å². The van der Waals surface area contributed by atoms with Crippen molar-refractivity contribution < 1.29 is 14.7 Å². The number of carbonyl (C=O) groups excluding carboxylic acids is 1. The van der Waals surface area contributed by atoms with Crippen LogP contribution in [-0.2, 0) is 11.3 Å². The molecule has 102 valence electrons. The number of nitrogens with one attached hydrogen (secondary N) is 1. The highest BCUT2D eigenvalue weighted by atomic mass is 16.4. The molecule has 0 unspecified atom stereocenters.